The average Bonchev–Trinajstić information content (AvgIpc) is 2.58. The molecule has 8 heteroatoms. The summed E-state index contributed by atoms with van der Waals surface area (Å²) in [5.74, 6) is -2.89. The van der Waals surface area contributed by atoms with Gasteiger partial charge in [-0.25, -0.2) is 9.59 Å². The number of unbranched alkanes of at least 4 members (excludes halogenated alkanes) is 2. The highest BCUT2D eigenvalue weighted by Crippen LogP contribution is 2.33. The van der Waals surface area contributed by atoms with Gasteiger partial charge in [-0.1, -0.05) is 31.9 Å². The van der Waals surface area contributed by atoms with Crippen LogP contribution in [0.3, 0.4) is 0 Å². The summed E-state index contributed by atoms with van der Waals surface area (Å²) in [6.07, 6.45) is 2.91. The van der Waals surface area contributed by atoms with Crippen LogP contribution in [-0.4, -0.2) is 33.7 Å². The fourth-order valence-corrected chi connectivity index (χ4v) is 2.78. The molecule has 144 valence electrons. The van der Waals surface area contributed by atoms with Gasteiger partial charge in [-0.15, -0.1) is 0 Å². The van der Waals surface area contributed by atoms with Crippen molar-refractivity contribution in [1.29, 1.82) is 0 Å². The Morgan fingerprint density at radius 2 is 1.81 bits per heavy atom. The third-order valence-electron chi connectivity index (χ3n) is 4.15. The second-order valence-corrected chi connectivity index (χ2v) is 6.14. The van der Waals surface area contributed by atoms with Crippen LogP contribution < -0.4 is 16.0 Å². The van der Waals surface area contributed by atoms with Crippen LogP contribution in [0.2, 0.25) is 0 Å². The van der Waals surface area contributed by atoms with Gasteiger partial charge >= 0.3 is 11.9 Å². The second kappa shape index (κ2) is 8.39. The lowest BCUT2D eigenvalue weighted by molar-refractivity contribution is 0.0695. The number of rotatable bonds is 8. The van der Waals surface area contributed by atoms with Crippen molar-refractivity contribution in [2.45, 2.75) is 33.1 Å². The van der Waals surface area contributed by atoms with Gasteiger partial charge in [0.1, 0.15) is 22.7 Å². The Bertz CT molecular complexity index is 933. The van der Waals surface area contributed by atoms with Crippen molar-refractivity contribution in [3.8, 4) is 16.9 Å². The molecular weight excluding hydrogens is 352 g/mol. The number of carbonyl (C=O) groups is 2. The Kier molecular flexibility index (Phi) is 6.23. The van der Waals surface area contributed by atoms with Gasteiger partial charge in [-0.2, -0.15) is 0 Å². The number of benzene rings is 1. The SMILES string of the molecule is CCCCCOc1cc(-c2c(C(=O)O)c(N)[nH]c(=O)c2C(=O)O)ccc1C. The van der Waals surface area contributed by atoms with Crippen molar-refractivity contribution >= 4 is 17.8 Å². The van der Waals surface area contributed by atoms with E-state index in [0.717, 1.165) is 24.8 Å². The Hall–Kier alpha value is -3.29. The molecule has 1 heterocycles. The number of nitrogen functional groups attached to an aromatic ring is 1. The Balaban J connectivity index is 2.65. The van der Waals surface area contributed by atoms with Gasteiger partial charge in [-0.3, -0.25) is 4.79 Å². The molecule has 2 aromatic rings. The molecule has 1 aromatic carbocycles. The number of aromatic carboxylic acids is 2. The number of nitrogens with one attached hydrogen (secondary N) is 1. The minimum atomic E-state index is -1.54. The maximum Gasteiger partial charge on any atom is 0.342 e. The van der Waals surface area contributed by atoms with E-state index in [1.54, 1.807) is 12.1 Å². The van der Waals surface area contributed by atoms with Crippen LogP contribution in [0, 0.1) is 6.92 Å². The molecule has 0 amide bonds. The van der Waals surface area contributed by atoms with E-state index in [1.807, 2.05) is 6.92 Å². The van der Waals surface area contributed by atoms with Crippen molar-refractivity contribution in [3.05, 3.63) is 45.2 Å². The van der Waals surface area contributed by atoms with Crippen molar-refractivity contribution in [1.82, 2.24) is 4.98 Å². The predicted octanol–water partition coefficient (Wildman–Crippen LogP) is 2.90. The molecule has 0 unspecified atom stereocenters. The molecule has 27 heavy (non-hydrogen) atoms. The van der Waals surface area contributed by atoms with Crippen LogP contribution >= 0.6 is 0 Å². The zero-order valence-corrected chi connectivity index (χ0v) is 15.2. The number of aromatic amines is 1. The molecule has 5 N–H and O–H groups in total. The summed E-state index contributed by atoms with van der Waals surface area (Å²) in [7, 11) is 0. The first-order valence-corrected chi connectivity index (χ1v) is 8.54. The smallest absolute Gasteiger partial charge is 0.342 e. The number of anilines is 1. The normalized spacial score (nSPS) is 10.6. The fraction of sp³-hybridized carbons (Fsp3) is 0.316. The summed E-state index contributed by atoms with van der Waals surface area (Å²) >= 11 is 0. The van der Waals surface area contributed by atoms with Crippen molar-refractivity contribution in [2.75, 3.05) is 12.3 Å². The Morgan fingerprint density at radius 3 is 2.41 bits per heavy atom. The fourth-order valence-electron chi connectivity index (χ4n) is 2.78. The quantitative estimate of drug-likeness (QED) is 0.520. The Labute approximate surface area is 155 Å². The molecule has 0 fully saturated rings. The molecule has 0 bridgehead atoms. The van der Waals surface area contributed by atoms with E-state index >= 15 is 0 Å². The zero-order chi connectivity index (χ0) is 20.1. The lowest BCUT2D eigenvalue weighted by atomic mass is 9.94. The van der Waals surface area contributed by atoms with Crippen LogP contribution in [0.1, 0.15) is 52.5 Å². The Morgan fingerprint density at radius 1 is 1.15 bits per heavy atom. The third-order valence-corrected chi connectivity index (χ3v) is 4.15. The standard InChI is InChI=1S/C19H22N2O6/c1-3-4-5-8-27-12-9-11(7-6-10(12)2)13-14(18(23)24)16(20)21-17(22)15(13)19(25)26/h6-7,9H,3-5,8H2,1-2H3,(H,23,24)(H,25,26)(H3,20,21,22). The average molecular weight is 374 g/mol. The minimum absolute atomic E-state index is 0.235. The number of aromatic nitrogens is 1. The minimum Gasteiger partial charge on any atom is -0.493 e. The zero-order valence-electron chi connectivity index (χ0n) is 15.2. The summed E-state index contributed by atoms with van der Waals surface area (Å²) < 4.78 is 5.75. The van der Waals surface area contributed by atoms with Gasteiger partial charge < -0.3 is 25.7 Å². The van der Waals surface area contributed by atoms with Gasteiger partial charge in [-0.05, 0) is 30.5 Å². The van der Waals surface area contributed by atoms with E-state index in [9.17, 15) is 24.6 Å². The third kappa shape index (κ3) is 4.28. The van der Waals surface area contributed by atoms with Crippen LogP contribution in [0.25, 0.3) is 11.1 Å². The summed E-state index contributed by atoms with van der Waals surface area (Å²) in [6.45, 7) is 4.37. The highest BCUT2D eigenvalue weighted by atomic mass is 16.5. The van der Waals surface area contributed by atoms with Crippen molar-refractivity contribution < 1.29 is 24.5 Å². The second-order valence-electron chi connectivity index (χ2n) is 6.14. The van der Waals surface area contributed by atoms with E-state index in [4.69, 9.17) is 10.5 Å². The molecule has 0 radical (unpaired) electrons. The molecule has 8 nitrogen and oxygen atoms in total. The van der Waals surface area contributed by atoms with Gasteiger partial charge in [0.15, 0.2) is 0 Å². The van der Waals surface area contributed by atoms with Crippen LogP contribution in [0.4, 0.5) is 5.82 Å². The van der Waals surface area contributed by atoms with Crippen molar-refractivity contribution in [3.63, 3.8) is 0 Å². The van der Waals surface area contributed by atoms with Crippen LogP contribution in [-0.2, 0) is 0 Å². The van der Waals surface area contributed by atoms with E-state index < -0.39 is 34.4 Å². The van der Waals surface area contributed by atoms with E-state index in [-0.39, 0.29) is 11.1 Å². The number of nitrogens with two attached hydrogens (primary N) is 1. The number of carboxylic acid groups (broad SMARTS) is 2. The molecule has 0 aliphatic carbocycles. The van der Waals surface area contributed by atoms with E-state index in [0.29, 0.717) is 12.4 Å². The van der Waals surface area contributed by atoms with E-state index in [1.165, 1.54) is 6.07 Å². The summed E-state index contributed by atoms with van der Waals surface area (Å²) in [5.41, 5.74) is 4.34. The van der Waals surface area contributed by atoms with Crippen LogP contribution in [0.5, 0.6) is 5.75 Å². The van der Waals surface area contributed by atoms with Gasteiger partial charge in [0, 0.05) is 5.56 Å². The highest BCUT2D eigenvalue weighted by Gasteiger charge is 2.26. The molecule has 2 rings (SSSR count). The first-order valence-electron chi connectivity index (χ1n) is 8.54. The topological polar surface area (TPSA) is 143 Å². The summed E-state index contributed by atoms with van der Waals surface area (Å²) in [5, 5.41) is 18.9. The number of aryl methyl sites for hydroxylation is 1. The predicted molar refractivity (Wildman–Crippen MR) is 101 cm³/mol. The monoisotopic (exact) mass is 374 g/mol. The molecule has 0 saturated heterocycles. The number of hydrogen-bond donors (Lipinski definition) is 4. The lowest BCUT2D eigenvalue weighted by Crippen LogP contribution is -2.24. The first kappa shape index (κ1) is 20.0. The molecular formula is C19H22N2O6. The number of pyridine rings is 1. The highest BCUT2D eigenvalue weighted by molar-refractivity contribution is 6.07. The van der Waals surface area contributed by atoms with Crippen LogP contribution in [0.15, 0.2) is 23.0 Å². The van der Waals surface area contributed by atoms with Gasteiger partial charge in [0.25, 0.3) is 5.56 Å². The number of ether oxygens (including phenoxy) is 1. The molecule has 0 atom stereocenters. The maximum atomic E-state index is 12.1. The molecule has 0 aliphatic heterocycles. The first-order chi connectivity index (χ1) is 12.8. The molecule has 0 spiro atoms. The lowest BCUT2D eigenvalue weighted by Gasteiger charge is -2.15. The molecule has 1 aromatic heterocycles. The number of hydrogen-bond acceptors (Lipinski definition) is 5. The largest absolute Gasteiger partial charge is 0.493 e. The summed E-state index contributed by atoms with van der Waals surface area (Å²) in [4.78, 5) is 37.5. The van der Waals surface area contributed by atoms with Gasteiger partial charge in [0.05, 0.1) is 6.61 Å². The number of carboxylic acids is 2. The van der Waals surface area contributed by atoms with Gasteiger partial charge in [0.2, 0.25) is 0 Å². The summed E-state index contributed by atoms with van der Waals surface area (Å²) in [6, 6.07) is 4.76. The molecule has 0 aliphatic rings. The number of H-pyrrole nitrogens is 1. The van der Waals surface area contributed by atoms with Crippen molar-refractivity contribution in [2.24, 2.45) is 0 Å². The maximum absolute atomic E-state index is 12.1. The van der Waals surface area contributed by atoms with E-state index in [2.05, 4.69) is 11.9 Å². The molecule has 0 saturated carbocycles.